The van der Waals surface area contributed by atoms with Gasteiger partial charge in [0.15, 0.2) is 0 Å². The highest BCUT2D eigenvalue weighted by atomic mass is 79.9. The molecule has 6 heteroatoms. The van der Waals surface area contributed by atoms with Crippen LogP contribution in [-0.4, -0.2) is 17.6 Å². The van der Waals surface area contributed by atoms with Gasteiger partial charge in [-0.2, -0.15) is 0 Å². The van der Waals surface area contributed by atoms with E-state index in [0.29, 0.717) is 22.3 Å². The molecule has 6 N–H and O–H groups in total. The Hall–Kier alpha value is -2.05. The topological polar surface area (TPSA) is 101 Å². The molecule has 0 aliphatic rings. The maximum Gasteiger partial charge on any atom is 0.249 e. The Balaban J connectivity index is 2.01. The Labute approximate surface area is 131 Å². The molecule has 2 rings (SSSR count). The lowest BCUT2D eigenvalue weighted by molar-refractivity contribution is 0.0999. The molecular weight excluding hydrogens is 334 g/mol. The highest BCUT2D eigenvalue weighted by molar-refractivity contribution is 9.10. The first-order valence-electron chi connectivity index (χ1n) is 6.34. The zero-order chi connectivity index (χ0) is 15.4. The number of nitrogen functional groups attached to an aromatic ring is 1. The number of carbonyl (C=O) groups excluding carboxylic acids is 1. The van der Waals surface area contributed by atoms with Gasteiger partial charge < -0.3 is 21.9 Å². The molecule has 0 heterocycles. The summed E-state index contributed by atoms with van der Waals surface area (Å²) in [6.45, 7) is 0.340. The molecule has 1 amide bonds. The van der Waals surface area contributed by atoms with E-state index in [1.165, 1.54) is 0 Å². The summed E-state index contributed by atoms with van der Waals surface area (Å²) in [7, 11) is 0. The number of hydrogen-bond acceptors (Lipinski definition) is 4. The third-order valence-electron chi connectivity index (χ3n) is 3.06. The molecule has 0 saturated carbocycles. The molecule has 0 spiro atoms. The minimum Gasteiger partial charge on any atom is -0.399 e. The minimum atomic E-state index is -0.653. The summed E-state index contributed by atoms with van der Waals surface area (Å²) >= 11 is 3.29. The van der Waals surface area contributed by atoms with Crippen molar-refractivity contribution >= 4 is 33.2 Å². The van der Waals surface area contributed by atoms with Gasteiger partial charge in [-0.25, -0.2) is 0 Å². The van der Waals surface area contributed by atoms with Crippen molar-refractivity contribution in [2.75, 3.05) is 17.6 Å². The monoisotopic (exact) mass is 349 g/mol. The Morgan fingerprint density at radius 2 is 1.90 bits per heavy atom. The van der Waals surface area contributed by atoms with Crippen LogP contribution >= 0.6 is 15.9 Å². The number of primary amides is 1. The molecule has 1 atom stereocenters. The number of hydrogen-bond donors (Lipinski definition) is 4. The first-order chi connectivity index (χ1) is 9.97. The molecule has 0 aliphatic heterocycles. The summed E-state index contributed by atoms with van der Waals surface area (Å²) < 4.78 is 0.613. The van der Waals surface area contributed by atoms with Crippen molar-refractivity contribution in [2.24, 2.45) is 5.73 Å². The van der Waals surface area contributed by atoms with Crippen LogP contribution in [0.3, 0.4) is 0 Å². The molecule has 21 heavy (non-hydrogen) atoms. The lowest BCUT2D eigenvalue weighted by atomic mass is 10.1. The third kappa shape index (κ3) is 3.96. The number of nitrogens with one attached hydrogen (secondary N) is 1. The van der Waals surface area contributed by atoms with Crippen LogP contribution in [0.1, 0.15) is 22.0 Å². The van der Waals surface area contributed by atoms with Crippen molar-refractivity contribution < 1.29 is 9.90 Å². The Bertz CT molecular complexity index is 644. The normalized spacial score (nSPS) is 11.9. The molecular formula is C15H16BrN3O2. The van der Waals surface area contributed by atoms with Gasteiger partial charge in [0.1, 0.15) is 0 Å². The molecule has 2 aromatic carbocycles. The van der Waals surface area contributed by atoms with Gasteiger partial charge >= 0.3 is 0 Å². The largest absolute Gasteiger partial charge is 0.399 e. The number of halogens is 1. The first-order valence-corrected chi connectivity index (χ1v) is 7.13. The third-order valence-corrected chi connectivity index (χ3v) is 3.71. The summed E-state index contributed by atoms with van der Waals surface area (Å²) in [4.78, 5) is 11.1. The number of benzene rings is 2. The van der Waals surface area contributed by atoms with E-state index >= 15 is 0 Å². The molecule has 0 saturated heterocycles. The van der Waals surface area contributed by atoms with Crippen molar-refractivity contribution in [3.05, 3.63) is 58.1 Å². The van der Waals surface area contributed by atoms with Crippen LogP contribution < -0.4 is 16.8 Å². The summed E-state index contributed by atoms with van der Waals surface area (Å²) in [5, 5.41) is 13.2. The van der Waals surface area contributed by atoms with E-state index in [1.54, 1.807) is 42.5 Å². The second-order valence-corrected chi connectivity index (χ2v) is 5.48. The average molecular weight is 350 g/mol. The van der Waals surface area contributed by atoms with Crippen LogP contribution in [0, 0.1) is 0 Å². The molecule has 0 fully saturated rings. The van der Waals surface area contributed by atoms with Crippen LogP contribution in [-0.2, 0) is 0 Å². The number of rotatable bonds is 5. The second-order valence-electron chi connectivity index (χ2n) is 4.62. The Kier molecular flexibility index (Phi) is 4.82. The Morgan fingerprint density at radius 1 is 1.24 bits per heavy atom. The summed E-state index contributed by atoms with van der Waals surface area (Å²) in [6, 6.07) is 12.2. The Morgan fingerprint density at radius 3 is 2.48 bits per heavy atom. The minimum absolute atomic E-state index is 0.340. The SMILES string of the molecule is NC(=O)c1ccc(NCC(O)c2ccc(N)cc2)cc1Br. The van der Waals surface area contributed by atoms with Crippen LogP contribution in [0.2, 0.25) is 0 Å². The van der Waals surface area contributed by atoms with Crippen molar-refractivity contribution in [1.82, 2.24) is 0 Å². The average Bonchev–Trinajstić information content (AvgIpc) is 2.45. The highest BCUT2D eigenvalue weighted by Gasteiger charge is 2.09. The molecule has 0 aliphatic carbocycles. The van der Waals surface area contributed by atoms with Crippen LogP contribution in [0.15, 0.2) is 46.9 Å². The molecule has 1 unspecified atom stereocenters. The van der Waals surface area contributed by atoms with Gasteiger partial charge in [0.2, 0.25) is 5.91 Å². The van der Waals surface area contributed by atoms with Crippen LogP contribution in [0.25, 0.3) is 0 Å². The van der Waals surface area contributed by atoms with E-state index < -0.39 is 12.0 Å². The van der Waals surface area contributed by atoms with Gasteiger partial charge in [0.25, 0.3) is 0 Å². The number of aliphatic hydroxyl groups is 1. The van der Waals surface area contributed by atoms with Gasteiger partial charge in [-0.15, -0.1) is 0 Å². The molecule has 0 radical (unpaired) electrons. The van der Waals surface area contributed by atoms with Gasteiger partial charge in [-0.05, 0) is 51.8 Å². The second kappa shape index (κ2) is 6.60. The first kappa shape index (κ1) is 15.3. The van der Waals surface area contributed by atoms with E-state index in [4.69, 9.17) is 11.5 Å². The predicted molar refractivity (Wildman–Crippen MR) is 87.0 cm³/mol. The fraction of sp³-hybridized carbons (Fsp3) is 0.133. The number of nitrogens with two attached hydrogens (primary N) is 2. The highest BCUT2D eigenvalue weighted by Crippen LogP contribution is 2.22. The number of amides is 1. The maximum absolute atomic E-state index is 11.1. The summed E-state index contributed by atoms with van der Waals surface area (Å²) in [6.07, 6.45) is -0.653. The fourth-order valence-corrected chi connectivity index (χ4v) is 2.45. The zero-order valence-electron chi connectivity index (χ0n) is 11.2. The molecule has 2 aromatic rings. The van der Waals surface area contributed by atoms with Gasteiger partial charge in [0, 0.05) is 22.4 Å². The van der Waals surface area contributed by atoms with Crippen molar-refractivity contribution in [1.29, 1.82) is 0 Å². The molecule has 110 valence electrons. The predicted octanol–water partition coefficient (Wildman–Crippen LogP) is 2.28. The zero-order valence-corrected chi connectivity index (χ0v) is 12.8. The summed E-state index contributed by atoms with van der Waals surface area (Å²) in [5.74, 6) is -0.490. The van der Waals surface area contributed by atoms with E-state index in [1.807, 2.05) is 0 Å². The quantitative estimate of drug-likeness (QED) is 0.622. The standard InChI is InChI=1S/C15H16BrN3O2/c16-13-7-11(5-6-12(13)15(18)21)19-8-14(20)9-1-3-10(17)4-2-9/h1-7,14,19-20H,8,17H2,(H2,18,21). The fourth-order valence-electron chi connectivity index (χ4n) is 1.88. The maximum atomic E-state index is 11.1. The number of anilines is 2. The van der Waals surface area contributed by atoms with E-state index in [9.17, 15) is 9.90 Å². The van der Waals surface area contributed by atoms with Crippen LogP contribution in [0.5, 0.6) is 0 Å². The molecule has 0 bridgehead atoms. The molecule has 5 nitrogen and oxygen atoms in total. The van der Waals surface area contributed by atoms with Gasteiger partial charge in [-0.3, -0.25) is 4.79 Å². The summed E-state index contributed by atoms with van der Waals surface area (Å²) in [5.41, 5.74) is 13.5. The van der Waals surface area contributed by atoms with E-state index in [-0.39, 0.29) is 0 Å². The van der Waals surface area contributed by atoms with E-state index in [2.05, 4.69) is 21.2 Å². The van der Waals surface area contributed by atoms with E-state index in [0.717, 1.165) is 11.3 Å². The van der Waals surface area contributed by atoms with Crippen molar-refractivity contribution in [3.63, 3.8) is 0 Å². The number of aliphatic hydroxyl groups excluding tert-OH is 1. The van der Waals surface area contributed by atoms with Crippen molar-refractivity contribution in [3.8, 4) is 0 Å². The lowest BCUT2D eigenvalue weighted by Crippen LogP contribution is -2.14. The lowest BCUT2D eigenvalue weighted by Gasteiger charge is -2.14. The van der Waals surface area contributed by atoms with Gasteiger partial charge in [-0.1, -0.05) is 12.1 Å². The molecule has 0 aromatic heterocycles. The number of carbonyl (C=O) groups is 1. The van der Waals surface area contributed by atoms with Gasteiger partial charge in [0.05, 0.1) is 11.7 Å². The smallest absolute Gasteiger partial charge is 0.249 e. The van der Waals surface area contributed by atoms with Crippen LogP contribution in [0.4, 0.5) is 11.4 Å². The van der Waals surface area contributed by atoms with Crippen molar-refractivity contribution in [2.45, 2.75) is 6.10 Å².